The quantitative estimate of drug-likeness (QED) is 0.841. The van der Waals surface area contributed by atoms with E-state index in [4.69, 9.17) is 5.73 Å². The number of nitrogens with two attached hydrogens (primary N) is 1. The molecular weight excluding hydrogens is 352 g/mol. The summed E-state index contributed by atoms with van der Waals surface area (Å²) < 4.78 is 52.4. The van der Waals surface area contributed by atoms with Crippen molar-refractivity contribution in [3.05, 3.63) is 29.8 Å². The Morgan fingerprint density at radius 3 is 2.30 bits per heavy atom. The highest BCUT2D eigenvalue weighted by molar-refractivity contribution is 7.89. The minimum Gasteiger partial charge on any atom is -0.340 e. The van der Waals surface area contributed by atoms with Gasteiger partial charge in [0, 0.05) is 45.2 Å². The zero-order chi connectivity index (χ0) is 16.3. The summed E-state index contributed by atoms with van der Waals surface area (Å²) in [5.41, 5.74) is 5.31. The summed E-state index contributed by atoms with van der Waals surface area (Å²) in [5, 5.41) is 0. The molecule has 1 aliphatic heterocycles. The Bertz CT molecular complexity index is 664. The highest BCUT2D eigenvalue weighted by Gasteiger charge is 2.31. The van der Waals surface area contributed by atoms with E-state index >= 15 is 0 Å². The normalized spacial score (nSPS) is 16.0. The Hall–Kier alpha value is -1.29. The first kappa shape index (κ1) is 19.8. The molecule has 1 saturated heterocycles. The van der Waals surface area contributed by atoms with Crippen LogP contribution in [0, 0.1) is 11.6 Å². The van der Waals surface area contributed by atoms with Crippen LogP contribution in [0.3, 0.4) is 0 Å². The zero-order valence-corrected chi connectivity index (χ0v) is 13.9. The van der Waals surface area contributed by atoms with Crippen LogP contribution in [0.4, 0.5) is 8.78 Å². The minimum absolute atomic E-state index is 0. The number of halogens is 3. The Kier molecular flexibility index (Phi) is 6.87. The van der Waals surface area contributed by atoms with Crippen LogP contribution in [0.25, 0.3) is 0 Å². The van der Waals surface area contributed by atoms with Gasteiger partial charge in [0.05, 0.1) is 0 Å². The molecule has 1 aromatic carbocycles. The molecule has 130 valence electrons. The van der Waals surface area contributed by atoms with Gasteiger partial charge in [-0.15, -0.1) is 12.4 Å². The number of carbonyl (C=O) groups is 1. The number of benzene rings is 1. The molecule has 1 aliphatic rings. The van der Waals surface area contributed by atoms with Gasteiger partial charge in [0.1, 0.15) is 16.5 Å². The molecule has 6 nitrogen and oxygen atoms in total. The van der Waals surface area contributed by atoms with Gasteiger partial charge < -0.3 is 10.6 Å². The lowest BCUT2D eigenvalue weighted by atomic mass is 10.3. The Morgan fingerprint density at radius 1 is 1.17 bits per heavy atom. The van der Waals surface area contributed by atoms with E-state index in [0.29, 0.717) is 6.07 Å². The highest BCUT2D eigenvalue weighted by atomic mass is 35.5. The smallest absolute Gasteiger partial charge is 0.246 e. The average Bonchev–Trinajstić information content (AvgIpc) is 2.47. The van der Waals surface area contributed by atoms with Gasteiger partial charge in [-0.1, -0.05) is 0 Å². The van der Waals surface area contributed by atoms with E-state index in [1.807, 2.05) is 0 Å². The Labute approximate surface area is 139 Å². The van der Waals surface area contributed by atoms with Crippen molar-refractivity contribution in [2.24, 2.45) is 5.73 Å². The van der Waals surface area contributed by atoms with E-state index in [1.165, 1.54) is 4.90 Å². The molecule has 23 heavy (non-hydrogen) atoms. The molecule has 0 aliphatic carbocycles. The molecule has 0 saturated carbocycles. The maximum atomic E-state index is 13.7. The number of hydrogen-bond acceptors (Lipinski definition) is 4. The largest absolute Gasteiger partial charge is 0.340 e. The molecular formula is C13H18ClF2N3O3S. The van der Waals surface area contributed by atoms with E-state index in [2.05, 4.69) is 0 Å². The van der Waals surface area contributed by atoms with Crippen LogP contribution >= 0.6 is 12.4 Å². The van der Waals surface area contributed by atoms with E-state index in [-0.39, 0.29) is 57.5 Å². The first-order valence-electron chi connectivity index (χ1n) is 6.79. The van der Waals surface area contributed by atoms with E-state index in [1.54, 1.807) is 0 Å². The Morgan fingerprint density at radius 2 is 1.78 bits per heavy atom. The minimum atomic E-state index is -4.04. The van der Waals surface area contributed by atoms with Gasteiger partial charge in [0.2, 0.25) is 15.9 Å². The third kappa shape index (κ3) is 4.37. The van der Waals surface area contributed by atoms with Crippen molar-refractivity contribution in [2.75, 3.05) is 32.7 Å². The average molecular weight is 370 g/mol. The number of amides is 1. The SMILES string of the molecule is Cl.NCCC(=O)N1CCN(S(=O)(=O)c2ccc(F)cc2F)CC1. The highest BCUT2D eigenvalue weighted by Crippen LogP contribution is 2.21. The van der Waals surface area contributed by atoms with Crippen LogP contribution in [0.1, 0.15) is 6.42 Å². The maximum absolute atomic E-state index is 13.7. The second kappa shape index (κ2) is 8.00. The third-order valence-corrected chi connectivity index (χ3v) is 5.39. The number of nitrogens with zero attached hydrogens (tertiary/aromatic N) is 2. The van der Waals surface area contributed by atoms with Crippen molar-refractivity contribution in [2.45, 2.75) is 11.3 Å². The molecule has 1 aromatic rings. The monoisotopic (exact) mass is 369 g/mol. The fourth-order valence-corrected chi connectivity index (χ4v) is 3.75. The molecule has 0 aromatic heterocycles. The summed E-state index contributed by atoms with van der Waals surface area (Å²) in [4.78, 5) is 12.7. The van der Waals surface area contributed by atoms with Gasteiger partial charge in [0.15, 0.2) is 0 Å². The number of hydrogen-bond donors (Lipinski definition) is 1. The third-order valence-electron chi connectivity index (χ3n) is 3.46. The van der Waals surface area contributed by atoms with Crippen molar-refractivity contribution in [3.8, 4) is 0 Å². The fraction of sp³-hybridized carbons (Fsp3) is 0.462. The van der Waals surface area contributed by atoms with Crippen molar-refractivity contribution in [1.82, 2.24) is 9.21 Å². The lowest BCUT2D eigenvalue weighted by molar-refractivity contribution is -0.132. The molecule has 0 atom stereocenters. The molecule has 1 amide bonds. The van der Waals surface area contributed by atoms with Crippen LogP contribution in [-0.2, 0) is 14.8 Å². The summed E-state index contributed by atoms with van der Waals surface area (Å²) in [6.45, 7) is 0.810. The number of sulfonamides is 1. The second-order valence-electron chi connectivity index (χ2n) is 4.90. The molecule has 1 fully saturated rings. The summed E-state index contributed by atoms with van der Waals surface area (Å²) in [5.74, 6) is -2.09. The molecule has 2 rings (SSSR count). The second-order valence-corrected chi connectivity index (χ2v) is 6.80. The van der Waals surface area contributed by atoms with Gasteiger partial charge in [-0.2, -0.15) is 4.31 Å². The van der Waals surface area contributed by atoms with Crippen LogP contribution in [0.5, 0.6) is 0 Å². The van der Waals surface area contributed by atoms with E-state index in [0.717, 1.165) is 16.4 Å². The van der Waals surface area contributed by atoms with Crippen LogP contribution in [-0.4, -0.2) is 56.3 Å². The van der Waals surface area contributed by atoms with Crippen LogP contribution in [0.2, 0.25) is 0 Å². The summed E-state index contributed by atoms with van der Waals surface area (Å²) in [6.07, 6.45) is 0.208. The van der Waals surface area contributed by atoms with Crippen molar-refractivity contribution in [1.29, 1.82) is 0 Å². The number of piperazine rings is 1. The molecule has 10 heteroatoms. The Balaban J connectivity index is 0.00000264. The zero-order valence-electron chi connectivity index (χ0n) is 12.2. The topological polar surface area (TPSA) is 83.7 Å². The van der Waals surface area contributed by atoms with Gasteiger partial charge >= 0.3 is 0 Å². The molecule has 0 spiro atoms. The first-order valence-corrected chi connectivity index (χ1v) is 8.23. The van der Waals surface area contributed by atoms with Gasteiger partial charge in [-0.05, 0) is 12.1 Å². The molecule has 1 heterocycles. The van der Waals surface area contributed by atoms with Gasteiger partial charge in [-0.3, -0.25) is 4.79 Å². The lowest BCUT2D eigenvalue weighted by Crippen LogP contribution is -2.50. The van der Waals surface area contributed by atoms with E-state index < -0.39 is 26.6 Å². The molecule has 0 radical (unpaired) electrons. The summed E-state index contributed by atoms with van der Waals surface area (Å²) >= 11 is 0. The van der Waals surface area contributed by atoms with Crippen LogP contribution in [0.15, 0.2) is 23.1 Å². The van der Waals surface area contributed by atoms with Crippen molar-refractivity contribution < 1.29 is 22.0 Å². The van der Waals surface area contributed by atoms with Gasteiger partial charge in [0.25, 0.3) is 0 Å². The van der Waals surface area contributed by atoms with Gasteiger partial charge in [-0.25, -0.2) is 17.2 Å². The molecule has 2 N–H and O–H groups in total. The summed E-state index contributed by atoms with van der Waals surface area (Å²) in [6, 6.07) is 2.34. The van der Waals surface area contributed by atoms with Crippen molar-refractivity contribution in [3.63, 3.8) is 0 Å². The molecule has 0 unspecified atom stereocenters. The number of rotatable bonds is 4. The van der Waals surface area contributed by atoms with Crippen molar-refractivity contribution >= 4 is 28.3 Å². The fourth-order valence-electron chi connectivity index (χ4n) is 2.28. The predicted octanol–water partition coefficient (Wildman–Crippen LogP) is 0.568. The lowest BCUT2D eigenvalue weighted by Gasteiger charge is -2.34. The first-order chi connectivity index (χ1) is 10.4. The summed E-state index contributed by atoms with van der Waals surface area (Å²) in [7, 11) is -4.04. The predicted molar refractivity (Wildman–Crippen MR) is 82.6 cm³/mol. The van der Waals surface area contributed by atoms with Crippen LogP contribution < -0.4 is 5.73 Å². The number of carbonyl (C=O) groups excluding carboxylic acids is 1. The van der Waals surface area contributed by atoms with E-state index in [9.17, 15) is 22.0 Å². The standard InChI is InChI=1S/C13H17F2N3O3S.ClH/c14-10-1-2-12(11(15)9-10)22(20,21)18-7-5-17(6-8-18)13(19)3-4-16;/h1-2,9H,3-8,16H2;1H. The molecule has 0 bridgehead atoms. The maximum Gasteiger partial charge on any atom is 0.246 e.